The van der Waals surface area contributed by atoms with Gasteiger partial charge in [-0.3, -0.25) is 10.1 Å². The molecular weight excluding hydrogens is 438 g/mol. The largest absolute Gasteiger partial charge is 0.490 e. The fourth-order valence-electron chi connectivity index (χ4n) is 2.84. The van der Waals surface area contributed by atoms with E-state index in [0.717, 1.165) is 5.56 Å². The molecule has 0 bridgehead atoms. The first-order valence-electron chi connectivity index (χ1n) is 9.38. The van der Waals surface area contributed by atoms with Crippen LogP contribution in [0.1, 0.15) is 24.4 Å². The predicted octanol–water partition coefficient (Wildman–Crippen LogP) is 6.23. The minimum atomic E-state index is -0.529. The lowest BCUT2D eigenvalue weighted by molar-refractivity contribution is -0.386. The maximum atomic E-state index is 11.6. The van der Waals surface area contributed by atoms with Crippen LogP contribution in [-0.2, 0) is 0 Å². The first-order chi connectivity index (χ1) is 15.0. The number of nitriles is 1. The molecule has 31 heavy (non-hydrogen) atoms. The highest BCUT2D eigenvalue weighted by molar-refractivity contribution is 7.11. The lowest BCUT2D eigenvalue weighted by Crippen LogP contribution is -2.02. The Labute approximate surface area is 188 Å². The van der Waals surface area contributed by atoms with E-state index < -0.39 is 4.92 Å². The van der Waals surface area contributed by atoms with Crippen LogP contribution in [0.5, 0.6) is 11.5 Å². The number of halogens is 1. The van der Waals surface area contributed by atoms with Crippen molar-refractivity contribution in [2.75, 3.05) is 13.2 Å². The number of ether oxygens (including phenoxy) is 2. The summed E-state index contributed by atoms with van der Waals surface area (Å²) in [5, 5.41) is 24.2. The minimum absolute atomic E-state index is 0.0734. The number of hydrogen-bond donors (Lipinski definition) is 0. The molecule has 1 heterocycles. The third-order valence-electron chi connectivity index (χ3n) is 4.15. The fraction of sp³-hybridized carbons (Fsp3) is 0.182. The molecule has 1 aromatic heterocycles. The zero-order valence-electron chi connectivity index (χ0n) is 16.8. The van der Waals surface area contributed by atoms with Crippen molar-refractivity contribution >= 4 is 40.3 Å². The first kappa shape index (κ1) is 22.3. The topological polar surface area (TPSA) is 98.3 Å². The first-order valence-corrected chi connectivity index (χ1v) is 10.6. The highest BCUT2D eigenvalue weighted by Gasteiger charge is 2.22. The van der Waals surface area contributed by atoms with Gasteiger partial charge in [0.2, 0.25) is 5.75 Å². The Hall–Kier alpha value is -3.41. The summed E-state index contributed by atoms with van der Waals surface area (Å²) in [4.78, 5) is 15.6. The number of nitro groups is 1. The summed E-state index contributed by atoms with van der Waals surface area (Å²) in [6, 6.07) is 12.3. The van der Waals surface area contributed by atoms with Gasteiger partial charge in [-0.25, -0.2) is 4.98 Å². The van der Waals surface area contributed by atoms with E-state index in [4.69, 9.17) is 21.1 Å². The number of nitrogens with zero attached hydrogens (tertiary/aromatic N) is 3. The van der Waals surface area contributed by atoms with Crippen LogP contribution in [-0.4, -0.2) is 23.1 Å². The summed E-state index contributed by atoms with van der Waals surface area (Å²) in [5.41, 5.74) is 2.09. The number of nitro benzene ring substituents is 1. The minimum Gasteiger partial charge on any atom is -0.490 e. The number of aromatic nitrogens is 1. The van der Waals surface area contributed by atoms with Gasteiger partial charge < -0.3 is 9.47 Å². The smallest absolute Gasteiger partial charge is 0.315 e. The summed E-state index contributed by atoms with van der Waals surface area (Å²) in [7, 11) is 0. The third-order valence-corrected chi connectivity index (χ3v) is 5.28. The monoisotopic (exact) mass is 455 g/mol. The van der Waals surface area contributed by atoms with Crippen LogP contribution in [0, 0.1) is 21.4 Å². The second kappa shape index (κ2) is 10.1. The van der Waals surface area contributed by atoms with Crippen molar-refractivity contribution in [2.24, 2.45) is 0 Å². The Morgan fingerprint density at radius 1 is 1.26 bits per heavy atom. The van der Waals surface area contributed by atoms with E-state index in [1.165, 1.54) is 17.4 Å². The second-order valence-corrected chi connectivity index (χ2v) is 7.50. The molecule has 0 atom stereocenters. The average molecular weight is 456 g/mol. The van der Waals surface area contributed by atoms with Gasteiger partial charge in [-0.05, 0) is 43.7 Å². The lowest BCUT2D eigenvalue weighted by atomic mass is 10.1. The van der Waals surface area contributed by atoms with Crippen LogP contribution in [0.25, 0.3) is 22.9 Å². The van der Waals surface area contributed by atoms with Gasteiger partial charge in [0, 0.05) is 22.0 Å². The van der Waals surface area contributed by atoms with Crippen molar-refractivity contribution in [3.8, 4) is 28.8 Å². The Bertz CT molecular complexity index is 1170. The number of thiazole rings is 1. The fourth-order valence-corrected chi connectivity index (χ4v) is 3.76. The van der Waals surface area contributed by atoms with Gasteiger partial charge in [0.15, 0.2) is 5.75 Å². The summed E-state index contributed by atoms with van der Waals surface area (Å²) in [6.07, 6.45) is 1.55. The normalized spacial score (nSPS) is 11.1. The van der Waals surface area contributed by atoms with Crippen molar-refractivity contribution in [2.45, 2.75) is 13.8 Å². The molecule has 0 N–H and O–H groups in total. The van der Waals surface area contributed by atoms with E-state index >= 15 is 0 Å². The molecule has 0 fully saturated rings. The lowest BCUT2D eigenvalue weighted by Gasteiger charge is -2.12. The van der Waals surface area contributed by atoms with Crippen LogP contribution in [0.2, 0.25) is 5.02 Å². The molecule has 3 aromatic rings. The molecule has 0 spiro atoms. The standard InChI is InChI=1S/C22H18ClN3O4S/c1-3-29-20-11-14(10-19(26(27)28)21(20)30-4-2)9-16(12-24)22-25-18(13-31-22)15-5-7-17(23)8-6-15/h5-11,13H,3-4H2,1-2H3/b16-9-. The number of benzene rings is 2. The molecule has 9 heteroatoms. The molecule has 0 unspecified atom stereocenters. The molecule has 0 aliphatic rings. The molecule has 0 saturated heterocycles. The predicted molar refractivity (Wildman–Crippen MR) is 121 cm³/mol. The van der Waals surface area contributed by atoms with E-state index in [9.17, 15) is 15.4 Å². The molecule has 0 saturated carbocycles. The highest BCUT2D eigenvalue weighted by atomic mass is 35.5. The Kier molecular flexibility index (Phi) is 7.23. The Morgan fingerprint density at radius 3 is 2.58 bits per heavy atom. The molecule has 0 radical (unpaired) electrons. The van der Waals surface area contributed by atoms with E-state index in [1.54, 1.807) is 38.1 Å². The van der Waals surface area contributed by atoms with Crippen LogP contribution in [0.15, 0.2) is 41.8 Å². The molecule has 0 amide bonds. The van der Waals surface area contributed by atoms with Gasteiger partial charge >= 0.3 is 5.69 Å². The van der Waals surface area contributed by atoms with E-state index in [-0.39, 0.29) is 29.4 Å². The summed E-state index contributed by atoms with van der Waals surface area (Å²) in [6.45, 7) is 4.08. The van der Waals surface area contributed by atoms with Crippen molar-refractivity contribution in [3.05, 3.63) is 67.5 Å². The summed E-state index contributed by atoms with van der Waals surface area (Å²) in [5.74, 6) is 0.326. The second-order valence-electron chi connectivity index (χ2n) is 6.21. The quantitative estimate of drug-likeness (QED) is 0.226. The maximum Gasteiger partial charge on any atom is 0.315 e. The zero-order chi connectivity index (χ0) is 22.4. The summed E-state index contributed by atoms with van der Waals surface area (Å²) >= 11 is 7.24. The van der Waals surface area contributed by atoms with Gasteiger partial charge in [-0.1, -0.05) is 23.7 Å². The van der Waals surface area contributed by atoms with Gasteiger partial charge in [0.25, 0.3) is 0 Å². The number of rotatable bonds is 8. The molecule has 3 rings (SSSR count). The van der Waals surface area contributed by atoms with Gasteiger partial charge in [-0.2, -0.15) is 5.26 Å². The molecule has 0 aliphatic carbocycles. The van der Waals surface area contributed by atoms with Crippen molar-refractivity contribution in [1.82, 2.24) is 4.98 Å². The van der Waals surface area contributed by atoms with Gasteiger partial charge in [-0.15, -0.1) is 11.3 Å². The molecule has 0 aliphatic heterocycles. The van der Waals surface area contributed by atoms with Gasteiger partial charge in [0.05, 0.1) is 29.4 Å². The van der Waals surface area contributed by atoms with E-state index in [0.29, 0.717) is 27.9 Å². The SMILES string of the molecule is CCOc1cc(/C=C(/C#N)c2nc(-c3ccc(Cl)cc3)cs2)cc([N+](=O)[O-])c1OCC. The van der Waals surface area contributed by atoms with Gasteiger partial charge in [0.1, 0.15) is 11.1 Å². The number of allylic oxidation sites excluding steroid dienone is 1. The molecular formula is C22H18ClN3O4S. The average Bonchev–Trinajstić information content (AvgIpc) is 3.24. The van der Waals surface area contributed by atoms with Crippen molar-refractivity contribution < 1.29 is 14.4 Å². The Morgan fingerprint density at radius 2 is 1.97 bits per heavy atom. The zero-order valence-corrected chi connectivity index (χ0v) is 18.4. The number of hydrogen-bond acceptors (Lipinski definition) is 7. The van der Waals surface area contributed by atoms with Crippen LogP contribution in [0.4, 0.5) is 5.69 Å². The van der Waals surface area contributed by atoms with Crippen molar-refractivity contribution in [1.29, 1.82) is 5.26 Å². The van der Waals surface area contributed by atoms with Crippen LogP contribution < -0.4 is 9.47 Å². The van der Waals surface area contributed by atoms with Crippen LogP contribution in [0.3, 0.4) is 0 Å². The Balaban J connectivity index is 2.03. The third kappa shape index (κ3) is 5.20. The molecule has 2 aromatic carbocycles. The highest BCUT2D eigenvalue weighted by Crippen LogP contribution is 2.39. The molecule has 158 valence electrons. The van der Waals surface area contributed by atoms with E-state index in [1.807, 2.05) is 17.5 Å². The van der Waals surface area contributed by atoms with Crippen molar-refractivity contribution in [3.63, 3.8) is 0 Å². The maximum absolute atomic E-state index is 11.6. The van der Waals surface area contributed by atoms with E-state index in [2.05, 4.69) is 11.1 Å². The van der Waals surface area contributed by atoms with Crippen LogP contribution >= 0.6 is 22.9 Å². The molecule has 7 nitrogen and oxygen atoms in total. The summed E-state index contributed by atoms with van der Waals surface area (Å²) < 4.78 is 11.0.